The van der Waals surface area contributed by atoms with Gasteiger partial charge in [-0.15, -0.1) is 0 Å². The lowest BCUT2D eigenvalue weighted by atomic mass is 10.1. The third-order valence-corrected chi connectivity index (χ3v) is 3.88. The third-order valence-electron chi connectivity index (χ3n) is 3.67. The Morgan fingerprint density at radius 1 is 1.47 bits per heavy atom. The largest absolute Gasteiger partial charge is 0.369 e. The number of anilines is 1. The average Bonchev–Trinajstić information content (AvgIpc) is 2.80. The summed E-state index contributed by atoms with van der Waals surface area (Å²) in [4.78, 5) is 8.72. The molecule has 2 heterocycles. The number of hydrogen-bond acceptors (Lipinski definition) is 3. The molecular formula is C12H15ClN4. The van der Waals surface area contributed by atoms with Gasteiger partial charge in [0.05, 0.1) is 5.02 Å². The predicted octanol–water partition coefficient (Wildman–Crippen LogP) is 3.03. The lowest BCUT2D eigenvalue weighted by molar-refractivity contribution is 0.419. The monoisotopic (exact) mass is 250 g/mol. The minimum Gasteiger partial charge on any atom is -0.369 e. The summed E-state index contributed by atoms with van der Waals surface area (Å²) in [5.74, 6) is 1.18. The van der Waals surface area contributed by atoms with Gasteiger partial charge in [-0.25, -0.2) is 9.97 Å². The van der Waals surface area contributed by atoms with Gasteiger partial charge in [0, 0.05) is 12.2 Å². The topological polar surface area (TPSA) is 56.7 Å². The Bertz CT molecular complexity index is 563. The summed E-state index contributed by atoms with van der Waals surface area (Å²) in [7, 11) is 0. The van der Waals surface area contributed by atoms with Gasteiger partial charge < -0.3 is 5.73 Å². The molecule has 0 aromatic carbocycles. The van der Waals surface area contributed by atoms with Gasteiger partial charge in [0.1, 0.15) is 5.52 Å². The van der Waals surface area contributed by atoms with Crippen molar-refractivity contribution in [2.24, 2.45) is 5.92 Å². The van der Waals surface area contributed by atoms with Crippen LogP contribution in [-0.4, -0.2) is 14.5 Å². The molecule has 2 aromatic rings. The molecule has 0 saturated heterocycles. The molecule has 3 rings (SSSR count). The Balaban J connectivity index is 2.18. The summed E-state index contributed by atoms with van der Waals surface area (Å²) < 4.78 is 2.07. The van der Waals surface area contributed by atoms with Crippen LogP contribution in [0.3, 0.4) is 0 Å². The summed E-state index contributed by atoms with van der Waals surface area (Å²) in [5.41, 5.74) is 7.65. The van der Waals surface area contributed by atoms with Crippen molar-refractivity contribution < 1.29 is 0 Å². The number of pyridine rings is 1. The highest BCUT2D eigenvalue weighted by molar-refractivity contribution is 6.31. The van der Waals surface area contributed by atoms with E-state index in [0.29, 0.717) is 22.9 Å². The van der Waals surface area contributed by atoms with E-state index in [2.05, 4.69) is 21.5 Å². The summed E-state index contributed by atoms with van der Waals surface area (Å²) in [6.07, 6.45) is 5.30. The predicted molar refractivity (Wildman–Crippen MR) is 69.0 cm³/mol. The molecule has 2 N–H and O–H groups in total. The molecule has 1 saturated carbocycles. The van der Waals surface area contributed by atoms with Crippen molar-refractivity contribution in [3.8, 4) is 0 Å². The number of nitrogen functional groups attached to an aromatic ring is 1. The molecule has 17 heavy (non-hydrogen) atoms. The van der Waals surface area contributed by atoms with Crippen molar-refractivity contribution in [3.63, 3.8) is 0 Å². The molecule has 5 heteroatoms. The van der Waals surface area contributed by atoms with Gasteiger partial charge in [-0.3, -0.25) is 4.57 Å². The van der Waals surface area contributed by atoms with Crippen LogP contribution in [0.4, 0.5) is 5.95 Å². The van der Waals surface area contributed by atoms with Gasteiger partial charge in [0.2, 0.25) is 5.95 Å². The number of halogens is 1. The van der Waals surface area contributed by atoms with E-state index in [1.807, 2.05) is 6.07 Å². The van der Waals surface area contributed by atoms with E-state index in [1.54, 1.807) is 6.20 Å². The van der Waals surface area contributed by atoms with Gasteiger partial charge >= 0.3 is 0 Å². The van der Waals surface area contributed by atoms with Crippen LogP contribution >= 0.6 is 11.6 Å². The summed E-state index contributed by atoms with van der Waals surface area (Å²) in [5, 5.41) is 0.599. The van der Waals surface area contributed by atoms with E-state index < -0.39 is 0 Å². The van der Waals surface area contributed by atoms with E-state index >= 15 is 0 Å². The van der Waals surface area contributed by atoms with Crippen LogP contribution in [-0.2, 0) is 0 Å². The average molecular weight is 251 g/mol. The molecule has 0 aliphatic heterocycles. The fraction of sp³-hybridized carbons (Fsp3) is 0.500. The molecule has 1 fully saturated rings. The lowest BCUT2D eigenvalue weighted by Crippen LogP contribution is -2.14. The van der Waals surface area contributed by atoms with Crippen LogP contribution in [0.25, 0.3) is 11.2 Å². The molecule has 1 aliphatic rings. The summed E-state index contributed by atoms with van der Waals surface area (Å²) >= 11 is 5.92. The minimum atomic E-state index is 0.425. The van der Waals surface area contributed by atoms with Gasteiger partial charge in [0.15, 0.2) is 5.65 Å². The van der Waals surface area contributed by atoms with Crippen molar-refractivity contribution in [3.05, 3.63) is 17.3 Å². The van der Waals surface area contributed by atoms with Gasteiger partial charge in [-0.05, 0) is 24.8 Å². The molecule has 90 valence electrons. The number of hydrogen-bond donors (Lipinski definition) is 1. The second-order valence-electron chi connectivity index (χ2n) is 4.81. The molecule has 0 radical (unpaired) electrons. The van der Waals surface area contributed by atoms with Crippen LogP contribution in [0.15, 0.2) is 12.3 Å². The minimum absolute atomic E-state index is 0.425. The number of rotatable bonds is 1. The standard InChI is InChI=1S/C12H15ClN4/c1-7-3-2-4-10(7)17-11-9(16-12(17)14)5-8(13)6-15-11/h5-7,10H,2-4H2,1H3,(H2,14,16). The Labute approximate surface area is 105 Å². The molecule has 2 aromatic heterocycles. The van der Waals surface area contributed by atoms with Crippen LogP contribution in [0.1, 0.15) is 32.2 Å². The van der Waals surface area contributed by atoms with Crippen LogP contribution < -0.4 is 5.73 Å². The van der Waals surface area contributed by atoms with Crippen LogP contribution in [0.2, 0.25) is 5.02 Å². The molecular weight excluding hydrogens is 236 g/mol. The second-order valence-corrected chi connectivity index (χ2v) is 5.25. The Kier molecular flexibility index (Phi) is 2.47. The maximum absolute atomic E-state index is 6.01. The summed E-state index contributed by atoms with van der Waals surface area (Å²) in [6.45, 7) is 2.26. The Morgan fingerprint density at radius 2 is 2.29 bits per heavy atom. The molecule has 2 unspecified atom stereocenters. The van der Waals surface area contributed by atoms with Crippen molar-refractivity contribution in [1.29, 1.82) is 0 Å². The second kappa shape index (κ2) is 3.88. The number of fused-ring (bicyclic) bond motifs is 1. The van der Waals surface area contributed by atoms with Crippen molar-refractivity contribution in [2.75, 3.05) is 5.73 Å². The number of imidazole rings is 1. The van der Waals surface area contributed by atoms with Crippen LogP contribution in [0, 0.1) is 5.92 Å². The molecule has 0 spiro atoms. The first-order valence-electron chi connectivity index (χ1n) is 5.96. The van der Waals surface area contributed by atoms with E-state index in [9.17, 15) is 0 Å². The van der Waals surface area contributed by atoms with Gasteiger partial charge in [-0.2, -0.15) is 0 Å². The van der Waals surface area contributed by atoms with Gasteiger partial charge in [-0.1, -0.05) is 24.9 Å². The van der Waals surface area contributed by atoms with E-state index in [4.69, 9.17) is 17.3 Å². The zero-order valence-electron chi connectivity index (χ0n) is 9.73. The quantitative estimate of drug-likeness (QED) is 0.846. The van der Waals surface area contributed by atoms with Crippen LogP contribution in [0.5, 0.6) is 0 Å². The van der Waals surface area contributed by atoms with E-state index in [-0.39, 0.29) is 0 Å². The number of nitrogens with zero attached hydrogens (tertiary/aromatic N) is 3. The molecule has 4 nitrogen and oxygen atoms in total. The maximum atomic E-state index is 6.01. The molecule has 0 bridgehead atoms. The normalized spacial score (nSPS) is 24.6. The fourth-order valence-corrected chi connectivity index (χ4v) is 2.96. The summed E-state index contributed by atoms with van der Waals surface area (Å²) in [6, 6.07) is 2.24. The molecule has 0 amide bonds. The Hall–Kier alpha value is -1.29. The smallest absolute Gasteiger partial charge is 0.202 e. The maximum Gasteiger partial charge on any atom is 0.202 e. The first kappa shape index (κ1) is 10.8. The highest BCUT2D eigenvalue weighted by Gasteiger charge is 2.28. The fourth-order valence-electron chi connectivity index (χ4n) is 2.81. The SMILES string of the molecule is CC1CCCC1n1c(N)nc2cc(Cl)cnc21. The first-order valence-corrected chi connectivity index (χ1v) is 6.33. The highest BCUT2D eigenvalue weighted by Crippen LogP contribution is 2.38. The van der Waals surface area contributed by atoms with Crippen molar-refractivity contribution in [1.82, 2.24) is 14.5 Å². The number of aromatic nitrogens is 3. The van der Waals surface area contributed by atoms with Gasteiger partial charge in [0.25, 0.3) is 0 Å². The zero-order chi connectivity index (χ0) is 12.0. The Morgan fingerprint density at radius 3 is 3.00 bits per heavy atom. The van der Waals surface area contributed by atoms with E-state index in [1.165, 1.54) is 12.8 Å². The molecule has 1 aliphatic carbocycles. The van der Waals surface area contributed by atoms with Crippen molar-refractivity contribution in [2.45, 2.75) is 32.2 Å². The lowest BCUT2D eigenvalue weighted by Gasteiger charge is -2.18. The van der Waals surface area contributed by atoms with Crippen molar-refractivity contribution >= 4 is 28.7 Å². The molecule has 2 atom stereocenters. The highest BCUT2D eigenvalue weighted by atomic mass is 35.5. The number of nitrogens with two attached hydrogens (primary N) is 1. The zero-order valence-corrected chi connectivity index (χ0v) is 10.5. The third kappa shape index (κ3) is 1.67. The van der Waals surface area contributed by atoms with E-state index in [0.717, 1.165) is 17.6 Å². The first-order chi connectivity index (χ1) is 8.16.